The van der Waals surface area contributed by atoms with E-state index < -0.39 is 6.04 Å². The predicted molar refractivity (Wildman–Crippen MR) is 127 cm³/mol. The molecule has 164 valence electrons. The first-order valence-electron chi connectivity index (χ1n) is 10.4. The zero-order valence-corrected chi connectivity index (χ0v) is 18.4. The smallest absolute Gasteiger partial charge is 0.251 e. The molecular formula is C25H24ClN3O3. The van der Waals surface area contributed by atoms with Crippen molar-refractivity contribution < 1.29 is 14.3 Å². The molecule has 0 saturated heterocycles. The summed E-state index contributed by atoms with van der Waals surface area (Å²) in [6.45, 7) is 0. The molecule has 1 aliphatic rings. The number of anilines is 3. The van der Waals surface area contributed by atoms with Crippen molar-refractivity contribution in [3.05, 3.63) is 83.4 Å². The van der Waals surface area contributed by atoms with Crippen LogP contribution in [-0.2, 0) is 9.59 Å². The molecule has 4 rings (SSSR count). The fourth-order valence-electron chi connectivity index (χ4n) is 3.31. The number of rotatable bonds is 8. The lowest BCUT2D eigenvalue weighted by Crippen LogP contribution is -2.27. The van der Waals surface area contributed by atoms with Gasteiger partial charge in [0.05, 0.1) is 12.1 Å². The van der Waals surface area contributed by atoms with E-state index in [1.807, 2.05) is 54.6 Å². The van der Waals surface area contributed by atoms with Crippen molar-refractivity contribution in [2.75, 3.05) is 23.1 Å². The molecule has 3 N–H and O–H groups in total. The SMILES string of the molecule is COc1ccc(NC(=O)C(Nc2ccc(NC(=O)C3CC3)cc2)c2ccccc2)cc1Cl. The summed E-state index contributed by atoms with van der Waals surface area (Å²) in [7, 11) is 1.54. The summed E-state index contributed by atoms with van der Waals surface area (Å²) in [5, 5.41) is 9.53. The molecule has 32 heavy (non-hydrogen) atoms. The van der Waals surface area contributed by atoms with E-state index in [9.17, 15) is 9.59 Å². The first-order chi connectivity index (χ1) is 15.5. The monoisotopic (exact) mass is 449 g/mol. The number of benzene rings is 3. The number of ether oxygens (including phenoxy) is 1. The first kappa shape index (κ1) is 21.7. The van der Waals surface area contributed by atoms with Crippen LogP contribution in [0.3, 0.4) is 0 Å². The van der Waals surface area contributed by atoms with Gasteiger partial charge in [-0.15, -0.1) is 0 Å². The minimum Gasteiger partial charge on any atom is -0.495 e. The van der Waals surface area contributed by atoms with Crippen molar-refractivity contribution in [2.24, 2.45) is 5.92 Å². The molecule has 0 aliphatic heterocycles. The van der Waals surface area contributed by atoms with Gasteiger partial charge < -0.3 is 20.7 Å². The molecule has 1 saturated carbocycles. The highest BCUT2D eigenvalue weighted by Crippen LogP contribution is 2.31. The fraction of sp³-hybridized carbons (Fsp3) is 0.200. The standard InChI is InChI=1S/C25H24ClN3O3/c1-32-22-14-13-20(15-21(22)26)29-25(31)23(16-5-3-2-4-6-16)27-18-9-11-19(12-10-18)28-24(30)17-7-8-17/h2-6,9-15,17,23,27H,7-8H2,1H3,(H,28,30)(H,29,31). The number of hydrogen-bond acceptors (Lipinski definition) is 4. The van der Waals surface area contributed by atoms with Crippen molar-refractivity contribution in [3.63, 3.8) is 0 Å². The molecule has 3 aromatic rings. The summed E-state index contributed by atoms with van der Waals surface area (Å²) < 4.78 is 5.17. The summed E-state index contributed by atoms with van der Waals surface area (Å²) in [5.41, 5.74) is 2.88. The van der Waals surface area contributed by atoms with Crippen LogP contribution in [0.15, 0.2) is 72.8 Å². The van der Waals surface area contributed by atoms with Crippen LogP contribution >= 0.6 is 11.6 Å². The largest absolute Gasteiger partial charge is 0.495 e. The molecule has 0 heterocycles. The topological polar surface area (TPSA) is 79.5 Å². The van der Waals surface area contributed by atoms with Gasteiger partial charge in [-0.05, 0) is 60.9 Å². The van der Waals surface area contributed by atoms with Crippen LogP contribution in [0.5, 0.6) is 5.75 Å². The molecule has 1 unspecified atom stereocenters. The highest BCUT2D eigenvalue weighted by molar-refractivity contribution is 6.32. The van der Waals surface area contributed by atoms with Crippen LogP contribution in [0, 0.1) is 5.92 Å². The zero-order valence-electron chi connectivity index (χ0n) is 17.6. The van der Waals surface area contributed by atoms with E-state index in [1.165, 1.54) is 7.11 Å². The maximum Gasteiger partial charge on any atom is 0.251 e. The number of nitrogens with one attached hydrogen (secondary N) is 3. The Labute approximate surface area is 191 Å². The van der Waals surface area contributed by atoms with Crippen LogP contribution in [0.1, 0.15) is 24.4 Å². The Morgan fingerprint density at radius 1 is 0.906 bits per heavy atom. The van der Waals surface area contributed by atoms with E-state index in [4.69, 9.17) is 16.3 Å². The van der Waals surface area contributed by atoms with Gasteiger partial charge in [0.2, 0.25) is 5.91 Å². The van der Waals surface area contributed by atoms with Gasteiger partial charge in [-0.1, -0.05) is 41.9 Å². The first-order valence-corrected chi connectivity index (χ1v) is 10.8. The fourth-order valence-corrected chi connectivity index (χ4v) is 3.57. The van der Waals surface area contributed by atoms with Gasteiger partial charge in [0, 0.05) is 23.0 Å². The lowest BCUT2D eigenvalue weighted by atomic mass is 10.1. The van der Waals surface area contributed by atoms with Crippen molar-refractivity contribution in [1.82, 2.24) is 0 Å². The molecule has 3 aromatic carbocycles. The van der Waals surface area contributed by atoms with Crippen molar-refractivity contribution in [3.8, 4) is 5.75 Å². The normalized spacial score (nSPS) is 13.7. The van der Waals surface area contributed by atoms with Gasteiger partial charge in [0.1, 0.15) is 11.8 Å². The van der Waals surface area contributed by atoms with E-state index in [0.29, 0.717) is 16.5 Å². The minimum atomic E-state index is -0.635. The zero-order chi connectivity index (χ0) is 22.5. The van der Waals surface area contributed by atoms with E-state index in [0.717, 1.165) is 29.8 Å². The average molecular weight is 450 g/mol. The van der Waals surface area contributed by atoms with Gasteiger partial charge in [-0.25, -0.2) is 0 Å². The second-order valence-electron chi connectivity index (χ2n) is 7.67. The molecule has 1 aliphatic carbocycles. The maximum absolute atomic E-state index is 13.2. The number of carbonyl (C=O) groups is 2. The Morgan fingerprint density at radius 3 is 2.19 bits per heavy atom. The highest BCUT2D eigenvalue weighted by atomic mass is 35.5. The Hall–Kier alpha value is -3.51. The Kier molecular flexibility index (Phi) is 6.61. The second kappa shape index (κ2) is 9.75. The quantitative estimate of drug-likeness (QED) is 0.425. The predicted octanol–water partition coefficient (Wildman–Crippen LogP) is 5.49. The lowest BCUT2D eigenvalue weighted by Gasteiger charge is -2.20. The van der Waals surface area contributed by atoms with Crippen LogP contribution in [0.25, 0.3) is 0 Å². The summed E-state index contributed by atoms with van der Waals surface area (Å²) >= 11 is 6.19. The Morgan fingerprint density at radius 2 is 1.56 bits per heavy atom. The van der Waals surface area contributed by atoms with Crippen molar-refractivity contribution in [1.29, 1.82) is 0 Å². The van der Waals surface area contributed by atoms with Gasteiger partial charge in [0.15, 0.2) is 0 Å². The minimum absolute atomic E-state index is 0.0606. The lowest BCUT2D eigenvalue weighted by molar-refractivity contribution is -0.118. The molecular weight excluding hydrogens is 426 g/mol. The van der Waals surface area contributed by atoms with E-state index in [2.05, 4.69) is 16.0 Å². The van der Waals surface area contributed by atoms with Crippen LogP contribution in [0.2, 0.25) is 5.02 Å². The Balaban J connectivity index is 1.50. The van der Waals surface area contributed by atoms with E-state index >= 15 is 0 Å². The van der Waals surface area contributed by atoms with Gasteiger partial charge in [-0.2, -0.15) is 0 Å². The maximum atomic E-state index is 13.2. The average Bonchev–Trinajstić information content (AvgIpc) is 3.65. The third-order valence-electron chi connectivity index (χ3n) is 5.23. The van der Waals surface area contributed by atoms with E-state index in [1.54, 1.807) is 18.2 Å². The van der Waals surface area contributed by atoms with Crippen LogP contribution < -0.4 is 20.7 Å². The van der Waals surface area contributed by atoms with Gasteiger partial charge >= 0.3 is 0 Å². The third-order valence-corrected chi connectivity index (χ3v) is 5.52. The molecule has 6 nitrogen and oxygen atoms in total. The molecule has 0 radical (unpaired) electrons. The number of halogens is 1. The molecule has 0 bridgehead atoms. The van der Waals surface area contributed by atoms with E-state index in [-0.39, 0.29) is 17.7 Å². The molecule has 1 fully saturated rings. The molecule has 1 atom stereocenters. The number of hydrogen-bond donors (Lipinski definition) is 3. The second-order valence-corrected chi connectivity index (χ2v) is 8.07. The summed E-state index contributed by atoms with van der Waals surface area (Å²) in [4.78, 5) is 25.1. The highest BCUT2D eigenvalue weighted by Gasteiger charge is 2.29. The number of methoxy groups -OCH3 is 1. The van der Waals surface area contributed by atoms with Crippen molar-refractivity contribution >= 4 is 40.5 Å². The summed E-state index contributed by atoms with van der Waals surface area (Å²) in [6, 6.07) is 21.3. The third kappa shape index (κ3) is 5.39. The number of amides is 2. The van der Waals surface area contributed by atoms with Crippen molar-refractivity contribution in [2.45, 2.75) is 18.9 Å². The molecule has 0 aromatic heterocycles. The summed E-state index contributed by atoms with van der Waals surface area (Å²) in [5.74, 6) is 0.510. The molecule has 2 amide bonds. The summed E-state index contributed by atoms with van der Waals surface area (Å²) in [6.07, 6.45) is 1.91. The van der Waals surface area contributed by atoms with Gasteiger partial charge in [-0.3, -0.25) is 9.59 Å². The van der Waals surface area contributed by atoms with Gasteiger partial charge in [0.25, 0.3) is 5.91 Å². The Bertz CT molecular complexity index is 1100. The molecule has 7 heteroatoms. The molecule has 0 spiro atoms. The van der Waals surface area contributed by atoms with Crippen LogP contribution in [0.4, 0.5) is 17.1 Å². The number of carbonyl (C=O) groups excluding carboxylic acids is 2. The van der Waals surface area contributed by atoms with Crippen LogP contribution in [-0.4, -0.2) is 18.9 Å².